The molecule has 2 amide bonds. The molecule has 0 unspecified atom stereocenters. The summed E-state index contributed by atoms with van der Waals surface area (Å²) in [6.07, 6.45) is 0.657. The first kappa shape index (κ1) is 11.8. The van der Waals surface area contributed by atoms with E-state index in [9.17, 15) is 9.59 Å². The summed E-state index contributed by atoms with van der Waals surface area (Å²) in [6.45, 7) is 2.03. The molecule has 0 saturated heterocycles. The maximum atomic E-state index is 11.6. The van der Waals surface area contributed by atoms with Crippen molar-refractivity contribution in [2.45, 2.75) is 19.8 Å². The van der Waals surface area contributed by atoms with Crippen molar-refractivity contribution < 1.29 is 19.1 Å². The number of carbonyl (C=O) groups is 2. The van der Waals surface area contributed by atoms with Gasteiger partial charge in [0.25, 0.3) is 0 Å². The molecule has 4 bridgehead atoms. The van der Waals surface area contributed by atoms with Crippen molar-refractivity contribution in [2.24, 2.45) is 0 Å². The Hall–Kier alpha value is -2.24. The molecule has 3 aliphatic rings. The van der Waals surface area contributed by atoms with E-state index in [1.165, 1.54) is 0 Å². The average molecular weight is 262 g/mol. The van der Waals surface area contributed by atoms with E-state index >= 15 is 0 Å². The van der Waals surface area contributed by atoms with E-state index in [1.807, 2.05) is 13.0 Å². The smallest absolute Gasteiger partial charge is 0.411 e. The van der Waals surface area contributed by atoms with Crippen LogP contribution in [0.5, 0.6) is 0 Å². The molecule has 0 fully saturated rings. The van der Waals surface area contributed by atoms with Crippen LogP contribution in [0.3, 0.4) is 0 Å². The monoisotopic (exact) mass is 262 g/mol. The lowest BCUT2D eigenvalue weighted by Gasteiger charge is -2.25. The fourth-order valence-electron chi connectivity index (χ4n) is 2.50. The highest BCUT2D eigenvalue weighted by Crippen LogP contribution is 2.38. The van der Waals surface area contributed by atoms with Gasteiger partial charge in [-0.3, -0.25) is 10.6 Å². The van der Waals surface area contributed by atoms with Gasteiger partial charge in [0.1, 0.15) is 13.2 Å². The van der Waals surface area contributed by atoms with Crippen molar-refractivity contribution in [2.75, 3.05) is 23.8 Å². The largest absolute Gasteiger partial charge is 0.446 e. The second-order valence-corrected chi connectivity index (χ2v) is 4.58. The third-order valence-electron chi connectivity index (χ3n) is 3.46. The number of anilines is 2. The number of cyclic esters (lactones) is 2. The van der Waals surface area contributed by atoms with E-state index in [0.29, 0.717) is 5.69 Å². The summed E-state index contributed by atoms with van der Waals surface area (Å²) in [5, 5.41) is 5.47. The highest BCUT2D eigenvalue weighted by Gasteiger charge is 2.24. The van der Waals surface area contributed by atoms with Gasteiger partial charge in [0.2, 0.25) is 0 Å². The minimum Gasteiger partial charge on any atom is -0.446 e. The molecule has 0 radical (unpaired) electrons. The molecule has 6 nitrogen and oxygen atoms in total. The number of fused-ring (bicyclic) bond motifs is 1. The predicted molar refractivity (Wildman–Crippen MR) is 68.5 cm³/mol. The second kappa shape index (κ2) is 4.46. The summed E-state index contributed by atoms with van der Waals surface area (Å²) in [4.78, 5) is 23.2. The summed E-state index contributed by atoms with van der Waals surface area (Å²) in [5.41, 5.74) is 4.50. The zero-order valence-corrected chi connectivity index (χ0v) is 10.5. The molecule has 0 aromatic heterocycles. The van der Waals surface area contributed by atoms with Crippen LogP contribution in [-0.4, -0.2) is 25.4 Å². The molecule has 0 spiro atoms. The molecule has 0 atom stereocenters. The van der Waals surface area contributed by atoms with Crippen LogP contribution in [0.2, 0.25) is 0 Å². The molecule has 19 heavy (non-hydrogen) atoms. The number of nitrogens with one attached hydrogen (secondary N) is 2. The van der Waals surface area contributed by atoms with Gasteiger partial charge in [0.05, 0.1) is 5.69 Å². The van der Waals surface area contributed by atoms with Crippen LogP contribution in [0.1, 0.15) is 16.7 Å². The number of ether oxygens (including phenoxy) is 2. The van der Waals surface area contributed by atoms with E-state index in [1.54, 1.807) is 0 Å². The van der Waals surface area contributed by atoms with Gasteiger partial charge in [-0.15, -0.1) is 0 Å². The van der Waals surface area contributed by atoms with Gasteiger partial charge in [-0.25, -0.2) is 9.59 Å². The number of amides is 2. The van der Waals surface area contributed by atoms with Crippen LogP contribution in [0, 0.1) is 6.92 Å². The van der Waals surface area contributed by atoms with Gasteiger partial charge < -0.3 is 9.47 Å². The summed E-state index contributed by atoms with van der Waals surface area (Å²) in [5.74, 6) is 0. The van der Waals surface area contributed by atoms with Gasteiger partial charge in [-0.2, -0.15) is 0 Å². The van der Waals surface area contributed by atoms with Gasteiger partial charge in [-0.1, -0.05) is 0 Å². The van der Waals surface area contributed by atoms with E-state index in [-0.39, 0.29) is 13.2 Å². The molecule has 6 heteroatoms. The fourth-order valence-corrected chi connectivity index (χ4v) is 2.50. The van der Waals surface area contributed by atoms with Gasteiger partial charge >= 0.3 is 12.2 Å². The number of hydrogen-bond acceptors (Lipinski definition) is 4. The zero-order chi connectivity index (χ0) is 13.4. The van der Waals surface area contributed by atoms with Crippen LogP contribution in [0.25, 0.3) is 0 Å². The third-order valence-corrected chi connectivity index (χ3v) is 3.46. The van der Waals surface area contributed by atoms with Crippen molar-refractivity contribution in [3.63, 3.8) is 0 Å². The standard InChI is InChI=1S/C13H14N2O4/c1-7-8-2-3-9-10(6-8)14-12(16)18-4-5-19-13(17)15-11(7)9/h6H,2-5H2,1H3,(H,14,16)(H,15,17). The quantitative estimate of drug-likeness (QED) is 0.751. The SMILES string of the molecule is Cc1c2cc3c(c1NC(=O)OCCOC(=O)N3)CC2. The van der Waals surface area contributed by atoms with Crippen LogP contribution in [0.15, 0.2) is 6.07 Å². The molecule has 1 aliphatic heterocycles. The Morgan fingerprint density at radius 1 is 1.05 bits per heavy atom. The molecule has 0 saturated carbocycles. The molecule has 1 aromatic rings. The Morgan fingerprint density at radius 3 is 2.47 bits per heavy atom. The second-order valence-electron chi connectivity index (χ2n) is 4.58. The first-order chi connectivity index (χ1) is 9.15. The zero-order valence-electron chi connectivity index (χ0n) is 10.5. The number of carbonyl (C=O) groups excluding carboxylic acids is 2. The summed E-state index contributed by atoms with van der Waals surface area (Å²) < 4.78 is 9.85. The normalized spacial score (nSPS) is 17.7. The summed E-state index contributed by atoms with van der Waals surface area (Å²) in [7, 11) is 0. The molecular weight excluding hydrogens is 248 g/mol. The van der Waals surface area contributed by atoms with Crippen molar-refractivity contribution in [1.82, 2.24) is 0 Å². The van der Waals surface area contributed by atoms with E-state index in [2.05, 4.69) is 10.6 Å². The van der Waals surface area contributed by atoms with E-state index < -0.39 is 12.2 Å². The maximum Gasteiger partial charge on any atom is 0.411 e. The molecular formula is C13H14N2O4. The highest BCUT2D eigenvalue weighted by atomic mass is 16.6. The van der Waals surface area contributed by atoms with Crippen molar-refractivity contribution in [1.29, 1.82) is 0 Å². The molecule has 1 heterocycles. The third kappa shape index (κ3) is 2.09. The molecule has 1 aromatic carbocycles. The fraction of sp³-hybridized carbons (Fsp3) is 0.385. The highest BCUT2D eigenvalue weighted by molar-refractivity contribution is 5.93. The van der Waals surface area contributed by atoms with Crippen LogP contribution < -0.4 is 10.6 Å². The van der Waals surface area contributed by atoms with Gasteiger partial charge in [0.15, 0.2) is 0 Å². The average Bonchev–Trinajstić information content (AvgIpc) is 2.40. The lowest BCUT2D eigenvalue weighted by molar-refractivity contribution is 0.110. The van der Waals surface area contributed by atoms with Crippen molar-refractivity contribution in [3.05, 3.63) is 22.8 Å². The topological polar surface area (TPSA) is 76.7 Å². The Balaban J connectivity index is 2.06. The van der Waals surface area contributed by atoms with Gasteiger partial charge in [-0.05, 0) is 37.0 Å². The summed E-state index contributed by atoms with van der Waals surface area (Å²) >= 11 is 0. The molecule has 2 aliphatic carbocycles. The molecule has 2 N–H and O–H groups in total. The van der Waals surface area contributed by atoms with Crippen LogP contribution >= 0.6 is 0 Å². The Morgan fingerprint density at radius 2 is 1.74 bits per heavy atom. The molecule has 4 rings (SSSR count). The Bertz CT molecular complexity index is 568. The molecule has 100 valence electrons. The minimum atomic E-state index is -0.526. The number of hydrogen-bond donors (Lipinski definition) is 2. The van der Waals surface area contributed by atoms with E-state index in [0.717, 1.165) is 35.2 Å². The Kier molecular flexibility index (Phi) is 2.77. The number of aryl methyl sites for hydroxylation is 1. The number of benzene rings is 1. The lowest BCUT2D eigenvalue weighted by atomic mass is 9.87. The van der Waals surface area contributed by atoms with Crippen molar-refractivity contribution >= 4 is 23.6 Å². The minimum absolute atomic E-state index is 0.0382. The van der Waals surface area contributed by atoms with Crippen LogP contribution in [0.4, 0.5) is 21.0 Å². The predicted octanol–water partition coefficient (Wildman–Crippen LogP) is 2.20. The lowest BCUT2D eigenvalue weighted by Crippen LogP contribution is -2.20. The van der Waals surface area contributed by atoms with E-state index in [4.69, 9.17) is 9.47 Å². The Labute approximate surface area is 110 Å². The number of rotatable bonds is 0. The first-order valence-corrected chi connectivity index (χ1v) is 6.18. The van der Waals surface area contributed by atoms with Gasteiger partial charge in [0, 0.05) is 11.3 Å². The van der Waals surface area contributed by atoms with Crippen LogP contribution in [-0.2, 0) is 22.3 Å². The summed E-state index contributed by atoms with van der Waals surface area (Å²) in [6, 6.07) is 1.93. The first-order valence-electron chi connectivity index (χ1n) is 6.18. The maximum absolute atomic E-state index is 11.6. The van der Waals surface area contributed by atoms with Crippen molar-refractivity contribution in [3.8, 4) is 0 Å².